The summed E-state index contributed by atoms with van der Waals surface area (Å²) in [4.78, 5) is 39.4. The molecule has 2 saturated heterocycles. The SMILES string of the molecule is CC(=O)CC[C@H]1CN(c2ccc(C34CC3CN(C(=O)c3ccno3)C4)cc2)C(=O)O1. The highest BCUT2D eigenvalue weighted by molar-refractivity contribution is 5.92. The van der Waals surface area contributed by atoms with E-state index in [1.165, 1.54) is 11.8 Å². The van der Waals surface area contributed by atoms with Gasteiger partial charge in [0.1, 0.15) is 11.9 Å². The minimum atomic E-state index is -0.372. The normalized spacial score (nSPS) is 27.2. The Balaban J connectivity index is 1.26. The average Bonchev–Trinajstić information content (AvgIpc) is 3.17. The number of likely N-dealkylation sites (tertiary alicyclic amines) is 1. The van der Waals surface area contributed by atoms with E-state index < -0.39 is 0 Å². The Morgan fingerprint density at radius 2 is 2.00 bits per heavy atom. The number of cyclic esters (lactones) is 1. The molecule has 3 heterocycles. The summed E-state index contributed by atoms with van der Waals surface area (Å²) in [6, 6.07) is 9.57. The lowest BCUT2D eigenvalue weighted by atomic mass is 9.94. The number of benzene rings is 1. The number of nitrogens with zero attached hydrogens (tertiary/aromatic N) is 3. The lowest BCUT2D eigenvalue weighted by Gasteiger charge is -2.21. The molecule has 1 aliphatic carbocycles. The molecular weight excluding hydrogens is 386 g/mol. The van der Waals surface area contributed by atoms with Gasteiger partial charge >= 0.3 is 6.09 Å². The second-order valence-electron chi connectivity index (χ2n) is 8.52. The van der Waals surface area contributed by atoms with Gasteiger partial charge < -0.3 is 19.0 Å². The summed E-state index contributed by atoms with van der Waals surface area (Å²) in [5.41, 5.74) is 1.96. The number of aromatic nitrogens is 1. The van der Waals surface area contributed by atoms with Crippen molar-refractivity contribution in [3.05, 3.63) is 47.9 Å². The van der Waals surface area contributed by atoms with Crippen molar-refractivity contribution in [3.8, 4) is 0 Å². The molecule has 1 aromatic carbocycles. The molecule has 8 heteroatoms. The van der Waals surface area contributed by atoms with Crippen LogP contribution in [0.15, 0.2) is 41.1 Å². The van der Waals surface area contributed by atoms with E-state index in [9.17, 15) is 14.4 Å². The van der Waals surface area contributed by atoms with E-state index >= 15 is 0 Å². The van der Waals surface area contributed by atoms with Gasteiger partial charge in [-0.25, -0.2) is 4.79 Å². The molecule has 156 valence electrons. The molecule has 1 saturated carbocycles. The third kappa shape index (κ3) is 3.16. The molecule has 2 aromatic rings. The number of hydrogen-bond acceptors (Lipinski definition) is 6. The molecule has 3 atom stereocenters. The van der Waals surface area contributed by atoms with Gasteiger partial charge in [0.15, 0.2) is 0 Å². The van der Waals surface area contributed by atoms with E-state index in [0.29, 0.717) is 31.8 Å². The first-order valence-corrected chi connectivity index (χ1v) is 10.2. The Bertz CT molecular complexity index is 987. The lowest BCUT2D eigenvalue weighted by Crippen LogP contribution is -2.32. The monoisotopic (exact) mass is 409 g/mol. The van der Waals surface area contributed by atoms with Gasteiger partial charge in [0.05, 0.1) is 12.7 Å². The van der Waals surface area contributed by atoms with E-state index in [4.69, 9.17) is 9.26 Å². The second kappa shape index (κ2) is 6.97. The average molecular weight is 409 g/mol. The molecule has 0 radical (unpaired) electrons. The van der Waals surface area contributed by atoms with E-state index in [1.807, 2.05) is 29.2 Å². The van der Waals surface area contributed by atoms with Crippen molar-refractivity contribution in [1.82, 2.24) is 10.1 Å². The van der Waals surface area contributed by atoms with Gasteiger partial charge in [-0.05, 0) is 43.4 Å². The summed E-state index contributed by atoms with van der Waals surface area (Å²) in [6.07, 6.45) is 2.88. The number of rotatable bonds is 6. The fourth-order valence-electron chi connectivity index (χ4n) is 4.79. The first-order valence-electron chi connectivity index (χ1n) is 10.2. The zero-order valence-corrected chi connectivity index (χ0v) is 16.7. The molecule has 3 aliphatic rings. The largest absolute Gasteiger partial charge is 0.444 e. The van der Waals surface area contributed by atoms with E-state index in [1.54, 1.807) is 17.9 Å². The van der Waals surface area contributed by atoms with Crippen molar-refractivity contribution in [2.75, 3.05) is 24.5 Å². The van der Waals surface area contributed by atoms with Crippen molar-refractivity contribution in [3.63, 3.8) is 0 Å². The Morgan fingerprint density at radius 1 is 1.20 bits per heavy atom. The topological polar surface area (TPSA) is 93.0 Å². The van der Waals surface area contributed by atoms with Crippen LogP contribution in [0.25, 0.3) is 0 Å². The molecule has 2 amide bonds. The minimum Gasteiger partial charge on any atom is -0.444 e. The molecule has 0 N–H and O–H groups in total. The Labute approximate surface area is 173 Å². The van der Waals surface area contributed by atoms with Gasteiger partial charge in [-0.2, -0.15) is 0 Å². The quantitative estimate of drug-likeness (QED) is 0.728. The van der Waals surface area contributed by atoms with Crippen LogP contribution in [0.1, 0.15) is 42.3 Å². The van der Waals surface area contributed by atoms with Crippen LogP contribution in [0, 0.1) is 5.92 Å². The molecule has 1 aromatic heterocycles. The van der Waals surface area contributed by atoms with Crippen LogP contribution in [0.5, 0.6) is 0 Å². The zero-order chi connectivity index (χ0) is 20.9. The zero-order valence-electron chi connectivity index (χ0n) is 16.7. The first-order chi connectivity index (χ1) is 14.5. The standard InChI is InChI=1S/C22H23N3O5/c1-14(26)2-7-18-12-25(21(28)29-18)17-5-3-15(4-6-17)22-10-16(22)11-24(13-22)20(27)19-8-9-23-30-19/h3-6,8-9,16,18H,2,7,10-13H2,1H3/t16?,18-,22?/m0/s1. The summed E-state index contributed by atoms with van der Waals surface area (Å²) in [6.45, 7) is 3.38. The van der Waals surface area contributed by atoms with E-state index in [0.717, 1.165) is 18.7 Å². The summed E-state index contributed by atoms with van der Waals surface area (Å²) in [7, 11) is 0. The molecule has 3 fully saturated rings. The number of Topliss-reactive ketones (excluding diaryl/α,β-unsaturated/α-hetero) is 1. The van der Waals surface area contributed by atoms with Gasteiger partial charge in [-0.3, -0.25) is 9.69 Å². The van der Waals surface area contributed by atoms with E-state index in [-0.39, 0.29) is 35.1 Å². The molecule has 0 spiro atoms. The molecule has 5 rings (SSSR count). The van der Waals surface area contributed by atoms with Crippen LogP contribution < -0.4 is 4.90 Å². The molecule has 2 aliphatic heterocycles. The third-order valence-corrected chi connectivity index (χ3v) is 6.53. The van der Waals surface area contributed by atoms with Gasteiger partial charge in [-0.15, -0.1) is 0 Å². The molecule has 2 unspecified atom stereocenters. The summed E-state index contributed by atoms with van der Waals surface area (Å²) >= 11 is 0. The van der Waals surface area contributed by atoms with Crippen molar-refractivity contribution < 1.29 is 23.6 Å². The van der Waals surface area contributed by atoms with Crippen molar-refractivity contribution in [2.24, 2.45) is 5.92 Å². The molecular formula is C22H23N3O5. The Hall–Kier alpha value is -3.16. The number of carbonyl (C=O) groups is 3. The maximum atomic E-state index is 12.6. The predicted octanol–water partition coefficient (Wildman–Crippen LogP) is 2.78. The van der Waals surface area contributed by atoms with Gasteiger partial charge in [0.2, 0.25) is 5.76 Å². The fourth-order valence-corrected chi connectivity index (χ4v) is 4.79. The highest BCUT2D eigenvalue weighted by atomic mass is 16.6. The third-order valence-electron chi connectivity index (χ3n) is 6.53. The first kappa shape index (κ1) is 18.8. The number of ether oxygens (including phenoxy) is 1. The fraction of sp³-hybridized carbons (Fsp3) is 0.455. The van der Waals surface area contributed by atoms with Crippen molar-refractivity contribution in [2.45, 2.75) is 37.7 Å². The summed E-state index contributed by atoms with van der Waals surface area (Å²) in [5, 5.41) is 3.62. The van der Waals surface area contributed by atoms with Gasteiger partial charge in [-0.1, -0.05) is 17.3 Å². The van der Waals surface area contributed by atoms with Crippen molar-refractivity contribution in [1.29, 1.82) is 0 Å². The number of piperidine rings is 1. The smallest absolute Gasteiger partial charge is 0.414 e. The highest BCUT2D eigenvalue weighted by Crippen LogP contribution is 2.59. The summed E-state index contributed by atoms with van der Waals surface area (Å²) < 4.78 is 10.4. The minimum absolute atomic E-state index is 0.0102. The Kier molecular flexibility index (Phi) is 4.38. The van der Waals surface area contributed by atoms with Crippen LogP contribution in [0.2, 0.25) is 0 Å². The summed E-state index contributed by atoms with van der Waals surface area (Å²) in [5.74, 6) is 0.697. The van der Waals surface area contributed by atoms with Crippen LogP contribution in [0.3, 0.4) is 0 Å². The molecule has 8 nitrogen and oxygen atoms in total. The maximum absolute atomic E-state index is 12.6. The number of carbonyl (C=O) groups excluding carboxylic acids is 3. The Morgan fingerprint density at radius 3 is 2.70 bits per heavy atom. The van der Waals surface area contributed by atoms with Crippen molar-refractivity contribution >= 4 is 23.5 Å². The van der Waals surface area contributed by atoms with Crippen LogP contribution in [0.4, 0.5) is 10.5 Å². The predicted molar refractivity (Wildman–Crippen MR) is 106 cm³/mol. The highest BCUT2D eigenvalue weighted by Gasteiger charge is 2.61. The number of anilines is 1. The number of fused-ring (bicyclic) bond motifs is 1. The maximum Gasteiger partial charge on any atom is 0.414 e. The van der Waals surface area contributed by atoms with Crippen LogP contribution in [-0.2, 0) is 14.9 Å². The van der Waals surface area contributed by atoms with E-state index in [2.05, 4.69) is 5.16 Å². The van der Waals surface area contributed by atoms with Crippen LogP contribution in [-0.4, -0.2) is 53.6 Å². The molecule has 30 heavy (non-hydrogen) atoms. The van der Waals surface area contributed by atoms with Gasteiger partial charge in [0, 0.05) is 36.7 Å². The number of hydrogen-bond donors (Lipinski definition) is 0. The number of ketones is 1. The van der Waals surface area contributed by atoms with Gasteiger partial charge in [0.25, 0.3) is 5.91 Å². The van der Waals surface area contributed by atoms with Crippen LogP contribution >= 0.6 is 0 Å². The molecule has 0 bridgehead atoms. The lowest BCUT2D eigenvalue weighted by molar-refractivity contribution is -0.117. The number of amides is 2. The second-order valence-corrected chi connectivity index (χ2v) is 8.52.